The number of fused-ring (bicyclic) bond motifs is 5. The van der Waals surface area contributed by atoms with Gasteiger partial charge in [-0.2, -0.15) is 0 Å². The summed E-state index contributed by atoms with van der Waals surface area (Å²) in [4.78, 5) is 17.2. The maximum atomic E-state index is 12.8. The van der Waals surface area contributed by atoms with Crippen LogP contribution in [0.5, 0.6) is 0 Å². The molecule has 1 aromatic heterocycles. The molecule has 1 aromatic rings. The molecule has 4 heteroatoms. The van der Waals surface area contributed by atoms with Crippen LogP contribution in [0.3, 0.4) is 0 Å². The van der Waals surface area contributed by atoms with Gasteiger partial charge < -0.3 is 10.1 Å². The lowest BCUT2D eigenvalue weighted by Gasteiger charge is -2.58. The van der Waals surface area contributed by atoms with Gasteiger partial charge in [0, 0.05) is 18.8 Å². The molecular formula is C30H40N2O2. The number of ether oxygens (including phenoxy) is 1. The van der Waals surface area contributed by atoms with Crippen molar-refractivity contribution in [3.63, 3.8) is 0 Å². The fourth-order valence-corrected chi connectivity index (χ4v) is 8.58. The molecule has 5 aliphatic rings. The molecule has 1 saturated heterocycles. The van der Waals surface area contributed by atoms with Crippen molar-refractivity contribution in [1.29, 1.82) is 0 Å². The van der Waals surface area contributed by atoms with Crippen LogP contribution in [0.1, 0.15) is 77.2 Å². The molecule has 0 radical (unpaired) electrons. The summed E-state index contributed by atoms with van der Waals surface area (Å²) in [6, 6.07) is 4.32. The number of pyridine rings is 1. The van der Waals surface area contributed by atoms with Crippen molar-refractivity contribution in [3.8, 4) is 0 Å². The second-order valence-electron chi connectivity index (χ2n) is 12.1. The van der Waals surface area contributed by atoms with E-state index in [1.807, 2.05) is 6.20 Å². The van der Waals surface area contributed by atoms with Gasteiger partial charge in [-0.1, -0.05) is 37.6 Å². The molecular weight excluding hydrogens is 420 g/mol. The van der Waals surface area contributed by atoms with E-state index in [2.05, 4.69) is 54.6 Å². The average Bonchev–Trinajstić information content (AvgIpc) is 3.22. The van der Waals surface area contributed by atoms with Crippen LogP contribution >= 0.6 is 0 Å². The Kier molecular flexibility index (Phi) is 5.71. The minimum atomic E-state index is 0.0535. The van der Waals surface area contributed by atoms with Gasteiger partial charge in [0.2, 0.25) is 0 Å². The molecule has 1 unspecified atom stereocenters. The first-order chi connectivity index (χ1) is 16.5. The highest BCUT2D eigenvalue weighted by Gasteiger charge is 2.57. The standard InChI is InChI=1S/C30H40N2O2/c1-29-13-9-23(34-28(33)20-11-16-31-17-12-20)18-22(29)5-6-24-26-8-7-25(21-4-3-15-32-19-21)30(26,2)14-10-27(24)29/h3-5,7,15,19-20,23-24,26-27,31H,6,8-14,16-18H2,1-2H3/t23-,24?,26-,27-,29-,30+/m0/s1. The largest absolute Gasteiger partial charge is 0.462 e. The molecule has 4 aliphatic carbocycles. The monoisotopic (exact) mass is 460 g/mol. The lowest BCUT2D eigenvalue weighted by molar-refractivity contribution is -0.157. The topological polar surface area (TPSA) is 51.2 Å². The van der Waals surface area contributed by atoms with Crippen LogP contribution in [-0.2, 0) is 9.53 Å². The van der Waals surface area contributed by atoms with Crippen LogP contribution < -0.4 is 5.32 Å². The molecule has 6 rings (SSSR count). The van der Waals surface area contributed by atoms with Crippen molar-refractivity contribution in [2.45, 2.75) is 77.7 Å². The van der Waals surface area contributed by atoms with Crippen LogP contribution in [-0.4, -0.2) is 30.1 Å². The molecule has 2 saturated carbocycles. The van der Waals surface area contributed by atoms with E-state index in [-0.39, 0.29) is 28.8 Å². The number of carbonyl (C=O) groups excluding carboxylic acids is 1. The van der Waals surface area contributed by atoms with Crippen molar-refractivity contribution < 1.29 is 9.53 Å². The molecule has 4 nitrogen and oxygen atoms in total. The first-order valence-corrected chi connectivity index (χ1v) is 13.7. The molecule has 3 fully saturated rings. The van der Waals surface area contributed by atoms with E-state index < -0.39 is 0 Å². The fourth-order valence-electron chi connectivity index (χ4n) is 8.58. The number of nitrogens with zero attached hydrogens (tertiary/aromatic N) is 1. The minimum absolute atomic E-state index is 0.0535. The fraction of sp³-hybridized carbons (Fsp3) is 0.667. The summed E-state index contributed by atoms with van der Waals surface area (Å²) in [6.45, 7) is 6.94. The highest BCUT2D eigenvalue weighted by Crippen LogP contribution is 2.66. The molecule has 0 aromatic carbocycles. The quantitative estimate of drug-likeness (QED) is 0.447. The third kappa shape index (κ3) is 3.59. The van der Waals surface area contributed by atoms with Gasteiger partial charge in [0.05, 0.1) is 5.92 Å². The first-order valence-electron chi connectivity index (χ1n) is 13.7. The van der Waals surface area contributed by atoms with Gasteiger partial charge in [-0.25, -0.2) is 0 Å². The van der Waals surface area contributed by atoms with Crippen molar-refractivity contribution >= 4 is 11.5 Å². The molecule has 182 valence electrons. The van der Waals surface area contributed by atoms with Gasteiger partial charge in [0.15, 0.2) is 0 Å². The zero-order chi connectivity index (χ0) is 23.3. The maximum absolute atomic E-state index is 12.8. The number of carbonyl (C=O) groups is 1. The first kappa shape index (κ1) is 22.5. The number of hydrogen-bond acceptors (Lipinski definition) is 4. The molecule has 1 aliphatic heterocycles. The third-order valence-electron chi connectivity index (χ3n) is 10.6. The molecule has 2 heterocycles. The summed E-state index contributed by atoms with van der Waals surface area (Å²) in [7, 11) is 0. The highest BCUT2D eigenvalue weighted by molar-refractivity contribution is 5.73. The summed E-state index contributed by atoms with van der Waals surface area (Å²) in [6.07, 6.45) is 19.1. The smallest absolute Gasteiger partial charge is 0.309 e. The van der Waals surface area contributed by atoms with Gasteiger partial charge >= 0.3 is 5.97 Å². The van der Waals surface area contributed by atoms with Crippen molar-refractivity contribution in [1.82, 2.24) is 10.3 Å². The highest BCUT2D eigenvalue weighted by atomic mass is 16.5. The summed E-state index contributed by atoms with van der Waals surface area (Å²) < 4.78 is 6.09. The Hall–Kier alpha value is -1.94. The van der Waals surface area contributed by atoms with Crippen molar-refractivity contribution in [2.75, 3.05) is 13.1 Å². The van der Waals surface area contributed by atoms with Gasteiger partial charge in [0.25, 0.3) is 0 Å². The Morgan fingerprint density at radius 2 is 1.85 bits per heavy atom. The number of hydrogen-bond donors (Lipinski definition) is 1. The normalized spacial score (nSPS) is 39.8. The number of allylic oxidation sites excluding steroid dienone is 3. The van der Waals surface area contributed by atoms with E-state index in [1.54, 1.807) is 5.57 Å². The second kappa shape index (κ2) is 8.62. The van der Waals surface area contributed by atoms with Crippen LogP contribution in [0, 0.1) is 34.5 Å². The van der Waals surface area contributed by atoms with Crippen molar-refractivity contribution in [3.05, 3.63) is 47.8 Å². The van der Waals surface area contributed by atoms with E-state index in [4.69, 9.17) is 4.74 Å². The van der Waals surface area contributed by atoms with Crippen LogP contribution in [0.4, 0.5) is 0 Å². The molecule has 34 heavy (non-hydrogen) atoms. The van der Waals surface area contributed by atoms with E-state index in [0.717, 1.165) is 62.9 Å². The number of piperidine rings is 1. The number of rotatable bonds is 3. The summed E-state index contributed by atoms with van der Waals surface area (Å²) in [5, 5.41) is 3.35. The van der Waals surface area contributed by atoms with Crippen LogP contribution in [0.2, 0.25) is 0 Å². The summed E-state index contributed by atoms with van der Waals surface area (Å²) in [5.74, 6) is 2.39. The molecule has 0 amide bonds. The van der Waals surface area contributed by atoms with E-state index in [9.17, 15) is 4.79 Å². The van der Waals surface area contributed by atoms with Gasteiger partial charge in [-0.15, -0.1) is 0 Å². The number of nitrogens with one attached hydrogen (secondary N) is 1. The maximum Gasteiger partial charge on any atom is 0.309 e. The lowest BCUT2D eigenvalue weighted by Crippen LogP contribution is -2.50. The van der Waals surface area contributed by atoms with E-state index >= 15 is 0 Å². The summed E-state index contributed by atoms with van der Waals surface area (Å²) in [5.41, 5.74) is 5.00. The predicted octanol–water partition coefficient (Wildman–Crippen LogP) is 5.95. The Balaban J connectivity index is 1.17. The molecule has 0 spiro atoms. The molecule has 6 atom stereocenters. The zero-order valence-electron chi connectivity index (χ0n) is 20.9. The second-order valence-corrected chi connectivity index (χ2v) is 12.1. The van der Waals surface area contributed by atoms with E-state index in [1.165, 1.54) is 36.8 Å². The third-order valence-corrected chi connectivity index (χ3v) is 10.6. The van der Waals surface area contributed by atoms with Gasteiger partial charge in [0.1, 0.15) is 6.10 Å². The van der Waals surface area contributed by atoms with Gasteiger partial charge in [-0.3, -0.25) is 9.78 Å². The van der Waals surface area contributed by atoms with Gasteiger partial charge in [-0.05, 0) is 110 Å². The Bertz CT molecular complexity index is 994. The van der Waals surface area contributed by atoms with E-state index in [0.29, 0.717) is 0 Å². The Labute approximate surface area is 204 Å². The predicted molar refractivity (Wildman–Crippen MR) is 135 cm³/mol. The minimum Gasteiger partial charge on any atom is -0.462 e. The lowest BCUT2D eigenvalue weighted by atomic mass is 9.47. The molecule has 0 bridgehead atoms. The Morgan fingerprint density at radius 3 is 2.65 bits per heavy atom. The van der Waals surface area contributed by atoms with Crippen LogP contribution in [0.15, 0.2) is 42.3 Å². The Morgan fingerprint density at radius 1 is 1.03 bits per heavy atom. The van der Waals surface area contributed by atoms with Crippen LogP contribution in [0.25, 0.3) is 5.57 Å². The SMILES string of the molecule is C[C@]12CC[C@H](OC(=O)C3CCNCC3)CC1=CCC1[C@@H]2CC[C@]2(C)C(c3cccnc3)=CC[C@@H]12. The summed E-state index contributed by atoms with van der Waals surface area (Å²) >= 11 is 0. The van der Waals surface area contributed by atoms with Crippen molar-refractivity contribution in [2.24, 2.45) is 34.5 Å². The molecule has 1 N–H and O–H groups in total. The zero-order valence-corrected chi connectivity index (χ0v) is 20.9. The average molecular weight is 461 g/mol. The number of esters is 1. The number of aromatic nitrogens is 1.